The Hall–Kier alpha value is -2.47. The first-order chi connectivity index (χ1) is 12.2. The van der Waals surface area contributed by atoms with Crippen LogP contribution in [0.2, 0.25) is 0 Å². The molecule has 0 radical (unpaired) electrons. The number of rotatable bonds is 8. The smallest absolute Gasteiger partial charge is 0.319 e. The van der Waals surface area contributed by atoms with Crippen LogP contribution in [0.15, 0.2) is 36.5 Å². The first kappa shape index (κ1) is 17.4. The fraction of sp³-hybridized carbons (Fsp3) is 0.421. The molecular weight excluding hydrogens is 316 g/mol. The van der Waals surface area contributed by atoms with Crippen LogP contribution in [-0.2, 0) is 4.74 Å². The van der Waals surface area contributed by atoms with Crippen LogP contribution in [-0.4, -0.2) is 35.8 Å². The summed E-state index contributed by atoms with van der Waals surface area (Å²) in [6.45, 7) is 4.07. The number of hydrogen-bond acceptors (Lipinski definition) is 4. The number of anilines is 1. The van der Waals surface area contributed by atoms with Gasteiger partial charge in [0, 0.05) is 42.9 Å². The molecule has 25 heavy (non-hydrogen) atoms. The minimum atomic E-state index is -0.218. The molecule has 0 unspecified atom stereocenters. The number of carbonyl (C=O) groups is 1. The lowest BCUT2D eigenvalue weighted by Gasteiger charge is -2.09. The first-order valence-electron chi connectivity index (χ1n) is 8.73. The maximum Gasteiger partial charge on any atom is 0.319 e. The molecule has 1 aliphatic rings. The molecule has 1 fully saturated rings. The highest BCUT2D eigenvalue weighted by atomic mass is 16.5. The number of nitrogens with one attached hydrogen (secondary N) is 2. The summed E-state index contributed by atoms with van der Waals surface area (Å²) in [7, 11) is 0. The highest BCUT2D eigenvalue weighted by Gasteiger charge is 2.20. The standard InChI is InChI=1S/C19H24N4O2/c1-14-8-10-20-18(22-14)16-4-2-5-17(12-16)23-19(24)21-9-3-11-25-13-15-6-7-15/h2,4-5,8,10,12,15H,3,6-7,9,11,13H2,1H3,(H2,21,23,24). The van der Waals surface area contributed by atoms with E-state index in [0.717, 1.165) is 30.2 Å². The fourth-order valence-electron chi connectivity index (χ4n) is 2.41. The molecule has 6 nitrogen and oxygen atoms in total. The third kappa shape index (κ3) is 5.83. The number of amides is 2. The molecule has 1 aromatic heterocycles. The molecule has 2 amide bonds. The molecule has 1 aromatic carbocycles. The van der Waals surface area contributed by atoms with Crippen molar-refractivity contribution in [1.29, 1.82) is 0 Å². The van der Waals surface area contributed by atoms with Crippen LogP contribution in [0.1, 0.15) is 25.0 Å². The summed E-state index contributed by atoms with van der Waals surface area (Å²) in [5.41, 5.74) is 2.49. The van der Waals surface area contributed by atoms with Crippen molar-refractivity contribution in [2.45, 2.75) is 26.2 Å². The van der Waals surface area contributed by atoms with E-state index >= 15 is 0 Å². The van der Waals surface area contributed by atoms with Crippen LogP contribution >= 0.6 is 0 Å². The van der Waals surface area contributed by atoms with Crippen molar-refractivity contribution in [2.75, 3.05) is 25.1 Å². The molecule has 2 aromatic rings. The van der Waals surface area contributed by atoms with Gasteiger partial charge in [0.25, 0.3) is 0 Å². The van der Waals surface area contributed by atoms with Gasteiger partial charge in [-0.3, -0.25) is 0 Å². The van der Waals surface area contributed by atoms with E-state index in [9.17, 15) is 4.79 Å². The van der Waals surface area contributed by atoms with Crippen molar-refractivity contribution in [3.05, 3.63) is 42.2 Å². The van der Waals surface area contributed by atoms with Gasteiger partial charge < -0.3 is 15.4 Å². The summed E-state index contributed by atoms with van der Waals surface area (Å²) in [4.78, 5) is 20.6. The zero-order valence-electron chi connectivity index (χ0n) is 14.5. The predicted molar refractivity (Wildman–Crippen MR) is 97.4 cm³/mol. The van der Waals surface area contributed by atoms with Crippen molar-refractivity contribution in [3.63, 3.8) is 0 Å². The highest BCUT2D eigenvalue weighted by Crippen LogP contribution is 2.28. The SMILES string of the molecule is Cc1ccnc(-c2cccc(NC(=O)NCCCOCC3CC3)c2)n1. The monoisotopic (exact) mass is 340 g/mol. The van der Waals surface area contributed by atoms with Crippen LogP contribution in [0.5, 0.6) is 0 Å². The van der Waals surface area contributed by atoms with Gasteiger partial charge in [0.05, 0.1) is 0 Å². The van der Waals surface area contributed by atoms with Gasteiger partial charge in [-0.1, -0.05) is 12.1 Å². The van der Waals surface area contributed by atoms with E-state index in [1.54, 1.807) is 6.20 Å². The Labute approximate surface area is 148 Å². The average molecular weight is 340 g/mol. The van der Waals surface area contributed by atoms with Gasteiger partial charge in [-0.05, 0) is 50.3 Å². The number of hydrogen-bond donors (Lipinski definition) is 2. The second-order valence-corrected chi connectivity index (χ2v) is 6.36. The van der Waals surface area contributed by atoms with E-state index in [1.165, 1.54) is 12.8 Å². The molecule has 1 saturated carbocycles. The van der Waals surface area contributed by atoms with Crippen LogP contribution in [0, 0.1) is 12.8 Å². The summed E-state index contributed by atoms with van der Waals surface area (Å²) in [5, 5.41) is 5.68. The Morgan fingerprint density at radius 2 is 2.20 bits per heavy atom. The van der Waals surface area contributed by atoms with Crippen LogP contribution in [0.4, 0.5) is 10.5 Å². The van der Waals surface area contributed by atoms with Gasteiger partial charge >= 0.3 is 6.03 Å². The number of aromatic nitrogens is 2. The molecule has 3 rings (SSSR count). The Morgan fingerprint density at radius 3 is 3.00 bits per heavy atom. The van der Waals surface area contributed by atoms with E-state index in [2.05, 4.69) is 20.6 Å². The van der Waals surface area contributed by atoms with Crippen molar-refractivity contribution in [2.24, 2.45) is 5.92 Å². The molecule has 1 heterocycles. The largest absolute Gasteiger partial charge is 0.381 e. The van der Waals surface area contributed by atoms with Crippen molar-refractivity contribution in [1.82, 2.24) is 15.3 Å². The van der Waals surface area contributed by atoms with Gasteiger partial charge in [-0.25, -0.2) is 14.8 Å². The van der Waals surface area contributed by atoms with Gasteiger partial charge in [0.15, 0.2) is 5.82 Å². The number of urea groups is 1. The normalized spacial score (nSPS) is 13.5. The fourth-order valence-corrected chi connectivity index (χ4v) is 2.41. The molecule has 6 heteroatoms. The quantitative estimate of drug-likeness (QED) is 0.722. The van der Waals surface area contributed by atoms with Crippen LogP contribution < -0.4 is 10.6 Å². The number of aryl methyl sites for hydroxylation is 1. The second-order valence-electron chi connectivity index (χ2n) is 6.36. The lowest BCUT2D eigenvalue weighted by Crippen LogP contribution is -2.30. The molecule has 0 saturated heterocycles. The van der Waals surface area contributed by atoms with E-state index in [-0.39, 0.29) is 6.03 Å². The summed E-state index contributed by atoms with van der Waals surface area (Å²) in [6.07, 6.45) is 5.15. The Bertz CT molecular complexity index is 716. The lowest BCUT2D eigenvalue weighted by atomic mass is 10.2. The minimum absolute atomic E-state index is 0.218. The van der Waals surface area contributed by atoms with Gasteiger partial charge in [0.1, 0.15) is 0 Å². The molecule has 0 spiro atoms. The van der Waals surface area contributed by atoms with E-state index < -0.39 is 0 Å². The molecule has 0 atom stereocenters. The number of nitrogens with zero attached hydrogens (tertiary/aromatic N) is 2. The average Bonchev–Trinajstić information content (AvgIpc) is 3.42. The highest BCUT2D eigenvalue weighted by molar-refractivity contribution is 5.89. The van der Waals surface area contributed by atoms with Crippen molar-refractivity contribution >= 4 is 11.7 Å². The molecule has 2 N–H and O–H groups in total. The lowest BCUT2D eigenvalue weighted by molar-refractivity contribution is 0.122. The molecule has 132 valence electrons. The minimum Gasteiger partial charge on any atom is -0.381 e. The van der Waals surface area contributed by atoms with Gasteiger partial charge in [-0.2, -0.15) is 0 Å². The second kappa shape index (κ2) is 8.58. The molecular formula is C19H24N4O2. The molecule has 1 aliphatic carbocycles. The van der Waals surface area contributed by atoms with E-state index in [0.29, 0.717) is 24.7 Å². The van der Waals surface area contributed by atoms with Crippen molar-refractivity contribution < 1.29 is 9.53 Å². The van der Waals surface area contributed by atoms with Crippen LogP contribution in [0.25, 0.3) is 11.4 Å². The maximum atomic E-state index is 12.0. The molecule has 0 bridgehead atoms. The van der Waals surface area contributed by atoms with E-state index in [1.807, 2.05) is 37.3 Å². The Kier molecular flexibility index (Phi) is 5.95. The van der Waals surface area contributed by atoms with E-state index in [4.69, 9.17) is 4.74 Å². The third-order valence-electron chi connectivity index (χ3n) is 3.97. The van der Waals surface area contributed by atoms with Gasteiger partial charge in [-0.15, -0.1) is 0 Å². The van der Waals surface area contributed by atoms with Crippen LogP contribution in [0.3, 0.4) is 0 Å². The zero-order valence-corrected chi connectivity index (χ0v) is 14.5. The summed E-state index contributed by atoms with van der Waals surface area (Å²) in [5.74, 6) is 1.43. The van der Waals surface area contributed by atoms with Crippen molar-refractivity contribution in [3.8, 4) is 11.4 Å². The third-order valence-corrected chi connectivity index (χ3v) is 3.97. The number of carbonyl (C=O) groups excluding carboxylic acids is 1. The summed E-state index contributed by atoms with van der Waals surface area (Å²) in [6, 6.07) is 9.15. The zero-order chi connectivity index (χ0) is 17.5. The summed E-state index contributed by atoms with van der Waals surface area (Å²) < 4.78 is 5.55. The summed E-state index contributed by atoms with van der Waals surface area (Å²) >= 11 is 0. The maximum absolute atomic E-state index is 12.0. The first-order valence-corrected chi connectivity index (χ1v) is 8.73. The predicted octanol–water partition coefficient (Wildman–Crippen LogP) is 3.39. The Balaban J connectivity index is 1.43. The number of ether oxygens (including phenoxy) is 1. The molecule has 0 aliphatic heterocycles. The topological polar surface area (TPSA) is 76.1 Å². The van der Waals surface area contributed by atoms with Gasteiger partial charge in [0.2, 0.25) is 0 Å². The Morgan fingerprint density at radius 1 is 1.32 bits per heavy atom. The number of benzene rings is 1.